The fourth-order valence-electron chi connectivity index (χ4n) is 4.28. The lowest BCUT2D eigenvalue weighted by Crippen LogP contribution is -2.39. The molecule has 2 heterocycles. The fraction of sp³-hybridized carbons (Fsp3) is 0.314. The Morgan fingerprint density at radius 1 is 1.25 bits per heavy atom. The van der Waals surface area contributed by atoms with Crippen molar-refractivity contribution in [1.82, 2.24) is 14.9 Å². The summed E-state index contributed by atoms with van der Waals surface area (Å²) in [5.41, 5.74) is 11.8. The van der Waals surface area contributed by atoms with Crippen molar-refractivity contribution in [3.05, 3.63) is 120 Å². The first-order valence-corrected chi connectivity index (χ1v) is 14.6. The van der Waals surface area contributed by atoms with Gasteiger partial charge in [-0.05, 0) is 73.6 Å². The number of aryl methyl sites for hydroxylation is 1. The summed E-state index contributed by atoms with van der Waals surface area (Å²) in [6.45, 7) is 9.85. The number of ether oxygens (including phenoxy) is 1. The van der Waals surface area contributed by atoms with Crippen molar-refractivity contribution in [3.8, 4) is 11.4 Å². The standard InChI is InChI=1S/C26H31N5O.C7H9F3.C2H4/c1-19-17-31(18-30-19)24-12-11-20(15-25(24)32-2)14-22-10-7-13-28-26(22)29-16-23(27)21-8-5-3-4-6-9-21;1-2-3-4-6(9)7(10)5-8;1-2/h3,5-6,8-9,11-12,14-15,17-18,23H,4,7,10,13,16,27H2,1-2H3,(H,28,29);3-4H,2,5H2,1H3;1-2H2/b22-14+;4-3-,7-6-;. The van der Waals surface area contributed by atoms with Crippen LogP contribution in [0.15, 0.2) is 114 Å². The monoisotopic (exact) mass is 607 g/mol. The van der Waals surface area contributed by atoms with Crippen molar-refractivity contribution in [2.24, 2.45) is 10.7 Å². The summed E-state index contributed by atoms with van der Waals surface area (Å²) in [4.78, 5) is 9.06. The van der Waals surface area contributed by atoms with Crippen LogP contribution in [0, 0.1) is 6.92 Å². The Labute approximate surface area is 259 Å². The highest BCUT2D eigenvalue weighted by Gasteiger charge is 2.15. The van der Waals surface area contributed by atoms with Crippen molar-refractivity contribution < 1.29 is 17.9 Å². The minimum Gasteiger partial charge on any atom is -0.495 e. The molecule has 1 aliphatic carbocycles. The minimum atomic E-state index is -1.38. The number of amidine groups is 1. The molecule has 2 aromatic rings. The smallest absolute Gasteiger partial charge is 0.166 e. The van der Waals surface area contributed by atoms with E-state index in [2.05, 4.69) is 78.1 Å². The maximum Gasteiger partial charge on any atom is 0.166 e. The van der Waals surface area contributed by atoms with Crippen LogP contribution in [-0.2, 0) is 0 Å². The molecule has 1 aromatic heterocycles. The van der Waals surface area contributed by atoms with Crippen molar-refractivity contribution in [1.29, 1.82) is 0 Å². The average molecular weight is 608 g/mol. The van der Waals surface area contributed by atoms with Crippen molar-refractivity contribution in [3.63, 3.8) is 0 Å². The number of aliphatic imine (C=N–C) groups is 1. The van der Waals surface area contributed by atoms with Crippen LogP contribution in [-0.4, -0.2) is 48.3 Å². The highest BCUT2D eigenvalue weighted by atomic mass is 19.2. The highest BCUT2D eigenvalue weighted by molar-refractivity contribution is 6.02. The number of allylic oxidation sites excluding steroid dienone is 8. The summed E-state index contributed by atoms with van der Waals surface area (Å²) in [7, 11) is 1.70. The van der Waals surface area contributed by atoms with Crippen LogP contribution >= 0.6 is 0 Å². The van der Waals surface area contributed by atoms with Crippen molar-refractivity contribution in [2.75, 3.05) is 26.9 Å². The molecule has 3 N–H and O–H groups in total. The Hall–Kier alpha value is -4.37. The first-order valence-electron chi connectivity index (χ1n) is 14.6. The molecule has 1 aromatic carbocycles. The first-order chi connectivity index (χ1) is 21.4. The van der Waals surface area contributed by atoms with Crippen LogP contribution < -0.4 is 15.8 Å². The van der Waals surface area contributed by atoms with E-state index in [4.69, 9.17) is 15.5 Å². The molecule has 1 unspecified atom stereocenters. The molecule has 2 aliphatic rings. The number of hydrogen-bond acceptors (Lipinski definition) is 5. The van der Waals surface area contributed by atoms with E-state index in [1.165, 1.54) is 11.6 Å². The zero-order chi connectivity index (χ0) is 32.3. The second kappa shape index (κ2) is 19.7. The van der Waals surface area contributed by atoms with Gasteiger partial charge in [-0.2, -0.15) is 0 Å². The Balaban J connectivity index is 0.000000481. The second-order valence-corrected chi connectivity index (χ2v) is 9.77. The molecule has 4 rings (SSSR count). The molecule has 236 valence electrons. The van der Waals surface area contributed by atoms with Gasteiger partial charge in [-0.3, -0.25) is 4.99 Å². The lowest BCUT2D eigenvalue weighted by atomic mass is 10.0. The van der Waals surface area contributed by atoms with Gasteiger partial charge in [0, 0.05) is 25.3 Å². The van der Waals surface area contributed by atoms with E-state index < -0.39 is 18.3 Å². The summed E-state index contributed by atoms with van der Waals surface area (Å²) in [6.07, 6.45) is 22.5. The number of methoxy groups -OCH3 is 1. The van der Waals surface area contributed by atoms with Crippen LogP contribution in [0.1, 0.15) is 43.9 Å². The highest BCUT2D eigenvalue weighted by Crippen LogP contribution is 2.27. The molecule has 0 fully saturated rings. The second-order valence-electron chi connectivity index (χ2n) is 9.77. The molecule has 1 atom stereocenters. The van der Waals surface area contributed by atoms with E-state index in [0.29, 0.717) is 13.0 Å². The normalized spacial score (nSPS) is 16.5. The van der Waals surface area contributed by atoms with Crippen LogP contribution in [0.5, 0.6) is 5.75 Å². The number of rotatable bonds is 9. The van der Waals surface area contributed by atoms with Crippen LogP contribution in [0.25, 0.3) is 11.8 Å². The number of imidazole rings is 1. The van der Waals surface area contributed by atoms with Crippen molar-refractivity contribution >= 4 is 11.9 Å². The molecule has 0 radical (unpaired) electrons. The summed E-state index contributed by atoms with van der Waals surface area (Å²) < 4.78 is 43.1. The number of nitrogens with two attached hydrogens (primary N) is 1. The molecular weight excluding hydrogens is 563 g/mol. The van der Waals surface area contributed by atoms with Gasteiger partial charge in [0.25, 0.3) is 0 Å². The van der Waals surface area contributed by atoms with E-state index in [1.54, 1.807) is 20.4 Å². The third-order valence-electron chi connectivity index (χ3n) is 6.51. The number of hydrogen-bond donors (Lipinski definition) is 2. The summed E-state index contributed by atoms with van der Waals surface area (Å²) >= 11 is 0. The Morgan fingerprint density at radius 3 is 2.73 bits per heavy atom. The van der Waals surface area contributed by atoms with Gasteiger partial charge in [0.15, 0.2) is 11.7 Å². The zero-order valence-electron chi connectivity index (χ0n) is 25.9. The van der Waals surface area contributed by atoms with Crippen LogP contribution in [0.2, 0.25) is 0 Å². The molecule has 0 amide bonds. The topological polar surface area (TPSA) is 77.5 Å². The molecule has 44 heavy (non-hydrogen) atoms. The minimum absolute atomic E-state index is 0.0853. The maximum absolute atomic E-state index is 12.2. The number of nitrogens with one attached hydrogen (secondary N) is 1. The Bertz CT molecular complexity index is 1420. The lowest BCUT2D eigenvalue weighted by Gasteiger charge is -2.21. The van der Waals surface area contributed by atoms with E-state index in [-0.39, 0.29) is 6.04 Å². The van der Waals surface area contributed by atoms with Gasteiger partial charge >= 0.3 is 0 Å². The average Bonchev–Trinajstić information content (AvgIpc) is 3.30. The number of halogens is 3. The Kier molecular flexibility index (Phi) is 16.1. The zero-order valence-corrected chi connectivity index (χ0v) is 25.9. The third-order valence-corrected chi connectivity index (χ3v) is 6.51. The fourth-order valence-corrected chi connectivity index (χ4v) is 4.28. The van der Waals surface area contributed by atoms with Gasteiger partial charge in [-0.25, -0.2) is 18.2 Å². The van der Waals surface area contributed by atoms with Gasteiger partial charge in [0.1, 0.15) is 18.3 Å². The summed E-state index contributed by atoms with van der Waals surface area (Å²) in [6, 6.07) is 6.14. The number of nitrogens with zero attached hydrogens (tertiary/aromatic N) is 3. The van der Waals surface area contributed by atoms with Gasteiger partial charge in [0.05, 0.1) is 24.8 Å². The van der Waals surface area contributed by atoms with Crippen LogP contribution in [0.4, 0.5) is 13.2 Å². The van der Waals surface area contributed by atoms with E-state index in [0.717, 1.165) is 66.0 Å². The van der Waals surface area contributed by atoms with E-state index in [1.807, 2.05) is 17.7 Å². The number of alkyl halides is 1. The number of aromatic nitrogens is 2. The Morgan fingerprint density at radius 2 is 2.05 bits per heavy atom. The predicted molar refractivity (Wildman–Crippen MR) is 177 cm³/mol. The maximum atomic E-state index is 12.2. The van der Waals surface area contributed by atoms with E-state index in [9.17, 15) is 13.2 Å². The molecular formula is C35H44F3N5O. The third kappa shape index (κ3) is 11.4. The lowest BCUT2D eigenvalue weighted by molar-refractivity contribution is 0.413. The molecule has 0 spiro atoms. The van der Waals surface area contributed by atoms with Gasteiger partial charge in [0.2, 0.25) is 0 Å². The molecule has 6 nitrogen and oxygen atoms in total. The molecule has 1 aliphatic heterocycles. The first kappa shape index (κ1) is 35.8. The largest absolute Gasteiger partial charge is 0.495 e. The SMILES string of the molecule is C=C.CC/C=C\C(F)=C(\F)CF.COc1cc(/C=C2\CCCN=C2NCC(N)C2=CC=CCC=C2)ccc1-n1cnc(C)c1. The van der Waals surface area contributed by atoms with Crippen molar-refractivity contribution in [2.45, 2.75) is 45.6 Å². The number of benzene rings is 1. The van der Waals surface area contributed by atoms with Gasteiger partial charge in [-0.15, -0.1) is 13.2 Å². The van der Waals surface area contributed by atoms with Crippen LogP contribution in [0.3, 0.4) is 0 Å². The molecule has 0 saturated heterocycles. The summed E-state index contributed by atoms with van der Waals surface area (Å²) in [5, 5.41) is 3.49. The quantitative estimate of drug-likeness (QED) is 0.224. The van der Waals surface area contributed by atoms with E-state index >= 15 is 0 Å². The molecule has 0 bridgehead atoms. The predicted octanol–water partition coefficient (Wildman–Crippen LogP) is 8.00. The molecule has 9 heteroatoms. The summed E-state index contributed by atoms with van der Waals surface area (Å²) in [5.74, 6) is -0.719. The van der Waals surface area contributed by atoms with Gasteiger partial charge in [-0.1, -0.05) is 49.4 Å². The molecule has 0 saturated carbocycles. The van der Waals surface area contributed by atoms with Gasteiger partial charge < -0.3 is 20.4 Å².